The Labute approximate surface area is 175 Å². The number of morpholine rings is 1. The first-order valence-electron chi connectivity index (χ1n) is 10.3. The van der Waals surface area contributed by atoms with Crippen molar-refractivity contribution < 1.29 is 4.74 Å². The highest BCUT2D eigenvalue weighted by Gasteiger charge is 2.19. The third-order valence-electron chi connectivity index (χ3n) is 5.27. The van der Waals surface area contributed by atoms with Crippen molar-refractivity contribution in [3.05, 3.63) is 72.4 Å². The topological polar surface area (TPSA) is 68.1 Å². The van der Waals surface area contributed by atoms with Crippen LogP contribution >= 0.6 is 0 Å². The van der Waals surface area contributed by atoms with Crippen LogP contribution in [0.15, 0.2) is 66.9 Å². The maximum absolute atomic E-state index is 5.50. The molecule has 0 aliphatic carbocycles. The van der Waals surface area contributed by atoms with Gasteiger partial charge in [-0.1, -0.05) is 48.5 Å². The first-order valence-corrected chi connectivity index (χ1v) is 10.3. The number of aryl methyl sites for hydroxylation is 2. The molecular weight excluding hydrogens is 376 g/mol. The Morgan fingerprint density at radius 3 is 2.40 bits per heavy atom. The van der Waals surface area contributed by atoms with E-state index < -0.39 is 0 Å². The lowest BCUT2D eigenvalue weighted by Crippen LogP contribution is -2.37. The van der Waals surface area contributed by atoms with Crippen LogP contribution in [0.1, 0.15) is 5.56 Å². The molecule has 152 valence electrons. The molecule has 0 bridgehead atoms. The number of benzene rings is 2. The molecule has 1 aliphatic heterocycles. The summed E-state index contributed by atoms with van der Waals surface area (Å²) >= 11 is 0. The van der Waals surface area contributed by atoms with Gasteiger partial charge in [-0.05, 0) is 24.1 Å². The van der Waals surface area contributed by atoms with E-state index in [0.717, 1.165) is 48.6 Å². The Morgan fingerprint density at radius 2 is 1.63 bits per heavy atom. The molecule has 0 atom stereocenters. The second-order valence-electron chi connectivity index (χ2n) is 7.30. The first-order chi connectivity index (χ1) is 14.9. The molecule has 0 radical (unpaired) electrons. The van der Waals surface area contributed by atoms with Crippen molar-refractivity contribution in [2.24, 2.45) is 0 Å². The quantitative estimate of drug-likeness (QED) is 0.533. The van der Waals surface area contributed by atoms with Crippen LogP contribution in [0.2, 0.25) is 0 Å². The van der Waals surface area contributed by atoms with Crippen molar-refractivity contribution in [1.29, 1.82) is 0 Å². The molecule has 7 heteroatoms. The zero-order valence-electron chi connectivity index (χ0n) is 16.7. The van der Waals surface area contributed by atoms with Crippen molar-refractivity contribution in [3.8, 4) is 0 Å². The van der Waals surface area contributed by atoms with Crippen LogP contribution in [-0.4, -0.2) is 46.1 Å². The van der Waals surface area contributed by atoms with Gasteiger partial charge in [-0.2, -0.15) is 15.1 Å². The van der Waals surface area contributed by atoms with E-state index in [9.17, 15) is 0 Å². The third-order valence-corrected chi connectivity index (χ3v) is 5.27. The molecule has 0 amide bonds. The number of fused-ring (bicyclic) bond motifs is 1. The van der Waals surface area contributed by atoms with Gasteiger partial charge in [0.25, 0.3) is 0 Å². The fraction of sp³-hybridized carbons (Fsp3) is 0.261. The molecule has 4 aromatic rings. The summed E-state index contributed by atoms with van der Waals surface area (Å²) in [6.07, 6.45) is 2.75. The van der Waals surface area contributed by atoms with Gasteiger partial charge >= 0.3 is 0 Å². The Morgan fingerprint density at radius 1 is 0.900 bits per heavy atom. The Balaban J connectivity index is 1.51. The number of nitrogens with one attached hydrogen (secondary N) is 1. The van der Waals surface area contributed by atoms with Crippen LogP contribution in [0.5, 0.6) is 0 Å². The van der Waals surface area contributed by atoms with Gasteiger partial charge in [0.05, 0.1) is 24.8 Å². The van der Waals surface area contributed by atoms with Crippen LogP contribution in [0.4, 0.5) is 17.5 Å². The molecule has 30 heavy (non-hydrogen) atoms. The van der Waals surface area contributed by atoms with Gasteiger partial charge in [0.15, 0.2) is 5.65 Å². The molecule has 1 fully saturated rings. The van der Waals surface area contributed by atoms with Crippen molar-refractivity contribution in [3.63, 3.8) is 0 Å². The van der Waals surface area contributed by atoms with Crippen LogP contribution in [0.3, 0.4) is 0 Å². The molecule has 1 aliphatic rings. The Kier molecular flexibility index (Phi) is 5.26. The number of anilines is 3. The fourth-order valence-electron chi connectivity index (χ4n) is 3.65. The lowest BCUT2D eigenvalue weighted by atomic mass is 10.1. The number of hydrogen-bond acceptors (Lipinski definition) is 6. The molecule has 2 aromatic carbocycles. The summed E-state index contributed by atoms with van der Waals surface area (Å²) in [7, 11) is 0. The number of hydrogen-bond donors (Lipinski definition) is 1. The van der Waals surface area contributed by atoms with Crippen LogP contribution in [0, 0.1) is 0 Å². The fourth-order valence-corrected chi connectivity index (χ4v) is 3.65. The summed E-state index contributed by atoms with van der Waals surface area (Å²) in [5.74, 6) is 1.49. The smallest absolute Gasteiger partial charge is 0.229 e. The Hall–Kier alpha value is -3.45. The minimum absolute atomic E-state index is 0.691. The van der Waals surface area contributed by atoms with Gasteiger partial charge < -0.3 is 15.0 Å². The lowest BCUT2D eigenvalue weighted by molar-refractivity contribution is 0.122. The number of rotatable bonds is 6. The van der Waals surface area contributed by atoms with Gasteiger partial charge in [-0.15, -0.1) is 0 Å². The SMILES string of the molecule is c1ccc(CCn2ncc3c(Nc4ccccc4)nc(N4CCOCC4)nc32)cc1. The van der Waals surface area contributed by atoms with E-state index in [1.807, 2.05) is 47.3 Å². The molecule has 0 spiro atoms. The zero-order chi connectivity index (χ0) is 20.2. The molecular formula is C23H24N6O. The molecule has 0 saturated carbocycles. The monoisotopic (exact) mass is 400 g/mol. The normalized spacial score (nSPS) is 14.2. The highest BCUT2D eigenvalue weighted by Crippen LogP contribution is 2.27. The summed E-state index contributed by atoms with van der Waals surface area (Å²) < 4.78 is 7.48. The molecule has 5 rings (SSSR count). The van der Waals surface area contributed by atoms with Crippen LogP contribution in [-0.2, 0) is 17.7 Å². The highest BCUT2D eigenvalue weighted by molar-refractivity contribution is 5.89. The standard InChI is InChI=1S/C23H24N6O/c1-3-7-18(8-4-1)11-12-29-22-20(17-24-29)21(25-19-9-5-2-6-10-19)26-23(27-22)28-13-15-30-16-14-28/h1-10,17H,11-16H2,(H,25,26,27). The second kappa shape index (κ2) is 8.51. The first kappa shape index (κ1) is 18.6. The summed E-state index contributed by atoms with van der Waals surface area (Å²) in [5, 5.41) is 9.00. The van der Waals surface area contributed by atoms with E-state index >= 15 is 0 Å². The number of aromatic nitrogens is 4. The average molecular weight is 400 g/mol. The van der Waals surface area contributed by atoms with Crippen molar-refractivity contribution in [2.45, 2.75) is 13.0 Å². The van der Waals surface area contributed by atoms with Gasteiger partial charge in [0.2, 0.25) is 5.95 Å². The molecule has 0 unspecified atom stereocenters. The van der Waals surface area contributed by atoms with E-state index in [2.05, 4.69) is 39.6 Å². The molecule has 2 aromatic heterocycles. The molecule has 1 N–H and O–H groups in total. The van der Waals surface area contributed by atoms with Gasteiger partial charge in [0, 0.05) is 25.3 Å². The predicted octanol–water partition coefficient (Wildman–Crippen LogP) is 3.65. The summed E-state index contributed by atoms with van der Waals surface area (Å²) in [5.41, 5.74) is 3.12. The van der Waals surface area contributed by atoms with Crippen molar-refractivity contribution in [2.75, 3.05) is 36.5 Å². The van der Waals surface area contributed by atoms with E-state index in [1.54, 1.807) is 0 Å². The maximum atomic E-state index is 5.50. The molecule has 7 nitrogen and oxygen atoms in total. The maximum Gasteiger partial charge on any atom is 0.229 e. The van der Waals surface area contributed by atoms with E-state index in [0.29, 0.717) is 19.2 Å². The summed E-state index contributed by atoms with van der Waals surface area (Å²) in [6.45, 7) is 3.72. The van der Waals surface area contributed by atoms with Gasteiger partial charge in [-0.25, -0.2) is 4.68 Å². The minimum Gasteiger partial charge on any atom is -0.378 e. The summed E-state index contributed by atoms with van der Waals surface area (Å²) in [4.78, 5) is 11.9. The van der Waals surface area contributed by atoms with E-state index in [1.165, 1.54) is 5.56 Å². The number of ether oxygens (including phenoxy) is 1. The number of nitrogens with zero attached hydrogens (tertiary/aromatic N) is 5. The molecule has 1 saturated heterocycles. The Bertz CT molecular complexity index is 1110. The van der Waals surface area contributed by atoms with Gasteiger partial charge in [-0.3, -0.25) is 0 Å². The zero-order valence-corrected chi connectivity index (χ0v) is 16.7. The van der Waals surface area contributed by atoms with Crippen molar-refractivity contribution >= 4 is 28.5 Å². The highest BCUT2D eigenvalue weighted by atomic mass is 16.5. The van der Waals surface area contributed by atoms with E-state index in [-0.39, 0.29) is 0 Å². The molecule has 3 heterocycles. The summed E-state index contributed by atoms with van der Waals surface area (Å²) in [6, 6.07) is 20.5. The van der Waals surface area contributed by atoms with Crippen LogP contribution < -0.4 is 10.2 Å². The van der Waals surface area contributed by atoms with Gasteiger partial charge in [0.1, 0.15) is 5.82 Å². The lowest BCUT2D eigenvalue weighted by Gasteiger charge is -2.27. The average Bonchev–Trinajstić information content (AvgIpc) is 3.23. The van der Waals surface area contributed by atoms with E-state index in [4.69, 9.17) is 14.7 Å². The third kappa shape index (κ3) is 3.97. The van der Waals surface area contributed by atoms with Crippen molar-refractivity contribution in [1.82, 2.24) is 19.7 Å². The van der Waals surface area contributed by atoms with Crippen LogP contribution in [0.25, 0.3) is 11.0 Å². The minimum atomic E-state index is 0.691. The second-order valence-corrected chi connectivity index (χ2v) is 7.30. The largest absolute Gasteiger partial charge is 0.378 e. The number of para-hydroxylation sites is 1. The predicted molar refractivity (Wildman–Crippen MR) is 118 cm³/mol.